The van der Waals surface area contributed by atoms with Crippen LogP contribution in [0.25, 0.3) is 10.9 Å². The highest BCUT2D eigenvalue weighted by molar-refractivity contribution is 5.78. The molecular formula is C25H29FN4O. The first-order chi connectivity index (χ1) is 15.3. The number of rotatable bonds is 7. The van der Waals surface area contributed by atoms with Crippen molar-refractivity contribution in [3.8, 4) is 5.75 Å². The van der Waals surface area contributed by atoms with E-state index in [1.54, 1.807) is 18.2 Å². The van der Waals surface area contributed by atoms with Gasteiger partial charge in [-0.25, -0.2) is 4.39 Å². The van der Waals surface area contributed by atoms with Gasteiger partial charge in [0.1, 0.15) is 0 Å². The van der Waals surface area contributed by atoms with E-state index in [4.69, 9.17) is 4.74 Å². The fourth-order valence-corrected chi connectivity index (χ4v) is 4.93. The van der Waals surface area contributed by atoms with Crippen molar-refractivity contribution in [1.82, 2.24) is 20.7 Å². The third kappa shape index (κ3) is 4.71. The molecule has 6 heteroatoms. The lowest BCUT2D eigenvalue weighted by Gasteiger charge is -2.29. The predicted octanol–water partition coefficient (Wildman–Crippen LogP) is 4.04. The molecule has 31 heavy (non-hydrogen) atoms. The first-order valence-electron chi connectivity index (χ1n) is 11.2. The van der Waals surface area contributed by atoms with Crippen LogP contribution in [0.4, 0.5) is 4.39 Å². The number of halogens is 1. The summed E-state index contributed by atoms with van der Waals surface area (Å²) in [4.78, 5) is 7.03. The van der Waals surface area contributed by atoms with Crippen LogP contribution >= 0.6 is 0 Å². The smallest absolute Gasteiger partial charge is 0.165 e. The Kier molecular flexibility index (Phi) is 6.11. The summed E-state index contributed by atoms with van der Waals surface area (Å²) in [6.45, 7) is 2.61. The highest BCUT2D eigenvalue weighted by atomic mass is 19.1. The molecule has 2 aliphatic heterocycles. The van der Waals surface area contributed by atoms with Gasteiger partial charge in [-0.3, -0.25) is 20.7 Å². The van der Waals surface area contributed by atoms with Crippen LogP contribution in [0.2, 0.25) is 0 Å². The van der Waals surface area contributed by atoms with Gasteiger partial charge in [-0.15, -0.1) is 0 Å². The lowest BCUT2D eigenvalue weighted by Crippen LogP contribution is -2.45. The molecule has 2 fully saturated rings. The first kappa shape index (κ1) is 20.4. The number of fused-ring (bicyclic) bond motifs is 1. The van der Waals surface area contributed by atoms with E-state index in [0.29, 0.717) is 30.5 Å². The number of hydrogen-bond acceptors (Lipinski definition) is 5. The standard InChI is InChI=1S/C25H29FN4O/c26-21-6-1-2-8-25(21)31-14-11-20-16-23(29-28-20)24-7-4-13-30(24)17-18-9-10-22-19(15-18)5-3-12-27-22/h1-3,5-6,8-10,12,15,20,23-24,28-29H,4,7,11,13-14,16-17H2. The third-order valence-corrected chi connectivity index (χ3v) is 6.50. The van der Waals surface area contributed by atoms with Crippen molar-refractivity contribution >= 4 is 10.9 Å². The van der Waals surface area contributed by atoms with E-state index in [-0.39, 0.29) is 5.82 Å². The van der Waals surface area contributed by atoms with Crippen molar-refractivity contribution in [2.45, 2.75) is 50.4 Å². The number of hydrazine groups is 1. The normalized spacial score (nSPS) is 24.1. The summed E-state index contributed by atoms with van der Waals surface area (Å²) in [7, 11) is 0. The van der Waals surface area contributed by atoms with Gasteiger partial charge in [0.2, 0.25) is 0 Å². The summed E-state index contributed by atoms with van der Waals surface area (Å²) in [5.41, 5.74) is 9.35. The minimum atomic E-state index is -0.302. The Labute approximate surface area is 182 Å². The minimum absolute atomic E-state index is 0.302. The quantitative estimate of drug-likeness (QED) is 0.604. The van der Waals surface area contributed by atoms with E-state index in [9.17, 15) is 4.39 Å². The number of hydrogen-bond donors (Lipinski definition) is 2. The van der Waals surface area contributed by atoms with Crippen molar-refractivity contribution in [2.24, 2.45) is 0 Å². The van der Waals surface area contributed by atoms with Gasteiger partial charge in [0.05, 0.1) is 12.1 Å². The van der Waals surface area contributed by atoms with E-state index >= 15 is 0 Å². The molecule has 162 valence electrons. The van der Waals surface area contributed by atoms with Crippen LogP contribution in [-0.4, -0.2) is 41.2 Å². The number of nitrogens with zero attached hydrogens (tertiary/aromatic N) is 2. The van der Waals surface area contributed by atoms with Crippen LogP contribution in [0.3, 0.4) is 0 Å². The molecule has 0 bridgehead atoms. The summed E-state index contributed by atoms with van der Waals surface area (Å²) in [5.74, 6) is 0.0292. The van der Waals surface area contributed by atoms with E-state index < -0.39 is 0 Å². The van der Waals surface area contributed by atoms with E-state index in [0.717, 1.165) is 31.4 Å². The molecule has 0 radical (unpaired) electrons. The van der Waals surface area contributed by atoms with Crippen LogP contribution in [0.1, 0.15) is 31.2 Å². The molecule has 3 aromatic rings. The average molecular weight is 421 g/mol. The summed E-state index contributed by atoms with van der Waals surface area (Å²) in [6.07, 6.45) is 6.20. The molecule has 3 heterocycles. The molecule has 5 nitrogen and oxygen atoms in total. The Morgan fingerprint density at radius 1 is 1.10 bits per heavy atom. The number of benzene rings is 2. The van der Waals surface area contributed by atoms with Crippen molar-refractivity contribution in [3.05, 3.63) is 72.2 Å². The molecule has 5 rings (SSSR count). The topological polar surface area (TPSA) is 49.4 Å². The Morgan fingerprint density at radius 2 is 2.03 bits per heavy atom. The number of nitrogens with one attached hydrogen (secondary N) is 2. The molecule has 0 amide bonds. The highest BCUT2D eigenvalue weighted by Gasteiger charge is 2.36. The molecule has 2 aliphatic rings. The van der Waals surface area contributed by atoms with Crippen LogP contribution < -0.4 is 15.6 Å². The van der Waals surface area contributed by atoms with Crippen LogP contribution in [-0.2, 0) is 6.54 Å². The van der Waals surface area contributed by atoms with E-state index in [1.807, 2.05) is 12.3 Å². The summed E-state index contributed by atoms with van der Waals surface area (Å²) >= 11 is 0. The second kappa shape index (κ2) is 9.30. The van der Waals surface area contributed by atoms with Crippen molar-refractivity contribution in [1.29, 1.82) is 0 Å². The molecule has 2 saturated heterocycles. The van der Waals surface area contributed by atoms with Gasteiger partial charge in [-0.05, 0) is 68.1 Å². The molecule has 2 N–H and O–H groups in total. The molecule has 0 spiro atoms. The Balaban J connectivity index is 1.15. The van der Waals surface area contributed by atoms with E-state index in [2.05, 4.69) is 45.0 Å². The number of para-hydroxylation sites is 1. The van der Waals surface area contributed by atoms with Crippen molar-refractivity contribution < 1.29 is 9.13 Å². The monoisotopic (exact) mass is 420 g/mol. The van der Waals surface area contributed by atoms with Gasteiger partial charge in [0.25, 0.3) is 0 Å². The molecule has 3 unspecified atom stereocenters. The van der Waals surface area contributed by atoms with Crippen molar-refractivity contribution in [2.75, 3.05) is 13.2 Å². The zero-order valence-corrected chi connectivity index (χ0v) is 17.6. The van der Waals surface area contributed by atoms with Gasteiger partial charge < -0.3 is 4.74 Å². The molecule has 1 aromatic heterocycles. The molecule has 0 saturated carbocycles. The predicted molar refractivity (Wildman–Crippen MR) is 120 cm³/mol. The van der Waals surface area contributed by atoms with Gasteiger partial charge in [0.15, 0.2) is 11.6 Å². The van der Waals surface area contributed by atoms with Crippen molar-refractivity contribution in [3.63, 3.8) is 0 Å². The maximum Gasteiger partial charge on any atom is 0.165 e. The Bertz CT molecular complexity index is 1030. The first-order valence-corrected chi connectivity index (χ1v) is 11.2. The van der Waals surface area contributed by atoms with Gasteiger partial charge in [-0.2, -0.15) is 0 Å². The molecule has 2 aromatic carbocycles. The van der Waals surface area contributed by atoms with Crippen LogP contribution in [0.5, 0.6) is 5.75 Å². The average Bonchev–Trinajstić information content (AvgIpc) is 3.44. The third-order valence-electron chi connectivity index (χ3n) is 6.50. The lowest BCUT2D eigenvalue weighted by molar-refractivity contribution is 0.203. The number of aromatic nitrogens is 1. The maximum atomic E-state index is 13.7. The summed E-state index contributed by atoms with van der Waals surface area (Å²) in [5, 5.41) is 1.20. The second-order valence-electron chi connectivity index (χ2n) is 8.61. The van der Waals surface area contributed by atoms with Crippen LogP contribution in [0.15, 0.2) is 60.8 Å². The largest absolute Gasteiger partial charge is 0.490 e. The van der Waals surface area contributed by atoms with E-state index in [1.165, 1.54) is 29.9 Å². The number of ether oxygens (including phenoxy) is 1. The number of pyridine rings is 1. The zero-order valence-electron chi connectivity index (χ0n) is 17.6. The Hall–Kier alpha value is -2.54. The second-order valence-corrected chi connectivity index (χ2v) is 8.61. The molecular weight excluding hydrogens is 391 g/mol. The fraction of sp³-hybridized carbons (Fsp3) is 0.400. The van der Waals surface area contributed by atoms with Gasteiger partial charge in [0, 0.05) is 36.3 Å². The highest BCUT2D eigenvalue weighted by Crippen LogP contribution is 2.27. The maximum absolute atomic E-state index is 13.7. The number of likely N-dealkylation sites (tertiary alicyclic amines) is 1. The molecule has 3 atom stereocenters. The minimum Gasteiger partial charge on any atom is -0.490 e. The van der Waals surface area contributed by atoms with Gasteiger partial charge in [-0.1, -0.05) is 24.3 Å². The fourth-order valence-electron chi connectivity index (χ4n) is 4.93. The lowest BCUT2D eigenvalue weighted by atomic mass is 9.99. The molecule has 0 aliphatic carbocycles. The zero-order chi connectivity index (χ0) is 21.0. The van der Waals surface area contributed by atoms with Crippen LogP contribution in [0, 0.1) is 5.82 Å². The summed E-state index contributed by atoms with van der Waals surface area (Å²) < 4.78 is 19.3. The SMILES string of the molecule is Fc1ccccc1OCCC1CC(C2CCCN2Cc2ccc3ncccc3c2)NN1. The summed E-state index contributed by atoms with van der Waals surface area (Å²) in [6, 6.07) is 18.6. The Morgan fingerprint density at radius 3 is 2.97 bits per heavy atom. The van der Waals surface area contributed by atoms with Gasteiger partial charge >= 0.3 is 0 Å².